The minimum absolute atomic E-state index is 0.484. The molecule has 9 nitrogen and oxygen atoms in total. The predicted molar refractivity (Wildman–Crippen MR) is 141 cm³/mol. The molecule has 9 heteroatoms. The van der Waals surface area contributed by atoms with Gasteiger partial charge < -0.3 is 0 Å². The molecule has 0 N–H and O–H groups in total. The Labute approximate surface area is 210 Å². The molecule has 8 rings (SSSR count). The molecule has 0 atom stereocenters. The van der Waals surface area contributed by atoms with Crippen molar-refractivity contribution in [3.05, 3.63) is 97.0 Å². The van der Waals surface area contributed by atoms with Crippen LogP contribution in [-0.4, -0.2) is 43.6 Å². The van der Waals surface area contributed by atoms with Crippen LogP contribution in [0.25, 0.3) is 56.9 Å². The van der Waals surface area contributed by atoms with Crippen molar-refractivity contribution in [3.63, 3.8) is 0 Å². The number of benzene rings is 1. The van der Waals surface area contributed by atoms with Gasteiger partial charge in [-0.15, -0.1) is 0 Å². The molecule has 176 valence electrons. The molecule has 0 unspecified atom stereocenters. The highest BCUT2D eigenvalue weighted by Crippen LogP contribution is 2.33. The highest BCUT2D eigenvalue weighted by atomic mass is 15.3. The maximum absolute atomic E-state index is 5.08. The lowest BCUT2D eigenvalue weighted by molar-refractivity contribution is 0.791. The number of imidazole rings is 1. The van der Waals surface area contributed by atoms with Crippen LogP contribution in [0.1, 0.15) is 17.7 Å². The van der Waals surface area contributed by atoms with E-state index in [2.05, 4.69) is 49.5 Å². The molecule has 0 saturated carbocycles. The van der Waals surface area contributed by atoms with E-state index in [1.54, 1.807) is 17.1 Å². The van der Waals surface area contributed by atoms with Crippen molar-refractivity contribution in [3.8, 4) is 17.8 Å². The molecule has 0 fully saturated rings. The van der Waals surface area contributed by atoms with Gasteiger partial charge in [0.1, 0.15) is 6.33 Å². The highest BCUT2D eigenvalue weighted by Gasteiger charge is 2.23. The van der Waals surface area contributed by atoms with Crippen LogP contribution >= 0.6 is 0 Å². The Hall–Kier alpha value is -5.18. The maximum atomic E-state index is 5.08. The molecule has 0 saturated heterocycles. The zero-order valence-electron chi connectivity index (χ0n) is 19.6. The van der Waals surface area contributed by atoms with E-state index >= 15 is 0 Å². The van der Waals surface area contributed by atoms with Gasteiger partial charge in [-0.3, -0.25) is 23.7 Å². The van der Waals surface area contributed by atoms with Crippen molar-refractivity contribution in [1.29, 1.82) is 0 Å². The Morgan fingerprint density at radius 1 is 0.676 bits per heavy atom. The van der Waals surface area contributed by atoms with E-state index in [9.17, 15) is 0 Å². The minimum atomic E-state index is 0.484. The fourth-order valence-electron chi connectivity index (χ4n) is 5.29. The molecule has 0 aliphatic heterocycles. The van der Waals surface area contributed by atoms with E-state index in [4.69, 9.17) is 19.9 Å². The summed E-state index contributed by atoms with van der Waals surface area (Å²) in [5, 5.41) is 1.04. The molecule has 0 amide bonds. The van der Waals surface area contributed by atoms with Crippen LogP contribution in [0.4, 0.5) is 0 Å². The first-order valence-electron chi connectivity index (χ1n) is 12.1. The van der Waals surface area contributed by atoms with E-state index in [0.29, 0.717) is 17.8 Å². The molecule has 1 aliphatic rings. The predicted octanol–water partition coefficient (Wildman–Crippen LogP) is 4.85. The average Bonchev–Trinajstić information content (AvgIpc) is 3.68. The number of allylic oxidation sites excluding steroid dienone is 1. The molecule has 6 aromatic heterocycles. The van der Waals surface area contributed by atoms with Gasteiger partial charge in [0, 0.05) is 41.4 Å². The lowest BCUT2D eigenvalue weighted by atomic mass is 10.0. The van der Waals surface area contributed by atoms with E-state index < -0.39 is 0 Å². The Morgan fingerprint density at radius 2 is 1.41 bits per heavy atom. The number of pyridine rings is 2. The largest absolute Gasteiger partial charge is 0.280 e. The second-order valence-electron chi connectivity index (χ2n) is 8.94. The summed E-state index contributed by atoms with van der Waals surface area (Å²) in [6, 6.07) is 16.2. The molecule has 37 heavy (non-hydrogen) atoms. The summed E-state index contributed by atoms with van der Waals surface area (Å²) < 4.78 is 5.98. The monoisotopic (exact) mass is 481 g/mol. The van der Waals surface area contributed by atoms with E-state index in [1.807, 2.05) is 48.9 Å². The van der Waals surface area contributed by atoms with Gasteiger partial charge in [-0.25, -0.2) is 4.98 Å². The Kier molecular flexibility index (Phi) is 4.15. The zero-order chi connectivity index (χ0) is 24.3. The summed E-state index contributed by atoms with van der Waals surface area (Å²) in [6.07, 6.45) is 15.1. The number of rotatable bonds is 3. The summed E-state index contributed by atoms with van der Waals surface area (Å²) in [4.78, 5) is 28.5. The number of hydrogen-bond acceptors (Lipinski definition) is 6. The van der Waals surface area contributed by atoms with Gasteiger partial charge in [-0.05, 0) is 43.2 Å². The van der Waals surface area contributed by atoms with Crippen LogP contribution in [0.3, 0.4) is 0 Å². The smallest absolute Gasteiger partial charge is 0.241 e. The Bertz CT molecular complexity index is 1940. The second-order valence-corrected chi connectivity index (χ2v) is 8.94. The van der Waals surface area contributed by atoms with Crippen LogP contribution < -0.4 is 0 Å². The SMILES string of the molecule is C1=Cc2c(n(-c3nc(-n4ccnc4)nc(-n4c5ccccc5c5ncccc54)n3)c3cccnc23)CC1. The van der Waals surface area contributed by atoms with Gasteiger partial charge in [0.05, 0.1) is 27.6 Å². The number of nitrogens with zero attached hydrogens (tertiary/aromatic N) is 9. The molecule has 0 radical (unpaired) electrons. The Balaban J connectivity index is 1.49. The van der Waals surface area contributed by atoms with E-state index in [-0.39, 0.29) is 0 Å². The fourth-order valence-corrected chi connectivity index (χ4v) is 5.29. The molecular formula is C28H19N9. The maximum Gasteiger partial charge on any atom is 0.241 e. The van der Waals surface area contributed by atoms with Gasteiger partial charge in [-0.2, -0.15) is 15.0 Å². The third-order valence-corrected chi connectivity index (χ3v) is 6.86. The topological polar surface area (TPSA) is 92.1 Å². The molecule has 0 bridgehead atoms. The van der Waals surface area contributed by atoms with Gasteiger partial charge in [0.25, 0.3) is 0 Å². The highest BCUT2D eigenvalue weighted by molar-refractivity contribution is 6.06. The first kappa shape index (κ1) is 20.1. The first-order chi connectivity index (χ1) is 18.4. The van der Waals surface area contributed by atoms with Crippen molar-refractivity contribution in [2.24, 2.45) is 0 Å². The Morgan fingerprint density at radius 3 is 2.24 bits per heavy atom. The van der Waals surface area contributed by atoms with Gasteiger partial charge >= 0.3 is 0 Å². The first-order valence-corrected chi connectivity index (χ1v) is 12.1. The number of hydrogen-bond donors (Lipinski definition) is 0. The quantitative estimate of drug-likeness (QED) is 0.358. The number of aromatic nitrogens is 9. The molecular weight excluding hydrogens is 462 g/mol. The summed E-state index contributed by atoms with van der Waals surface area (Å²) in [5.41, 5.74) is 7.00. The summed E-state index contributed by atoms with van der Waals surface area (Å²) >= 11 is 0. The van der Waals surface area contributed by atoms with Crippen LogP contribution in [-0.2, 0) is 6.42 Å². The molecule has 0 spiro atoms. The standard InChI is InChI=1S/C28H19N9/c1-3-9-20-18(7-1)24-22(11-5-13-30-24)36(20)27-32-26(35-16-15-29-17-35)33-28(34-27)37-21-10-4-2-8-19(21)25-23(37)12-6-14-31-25/h1-3,5-9,11-17H,4,10H2. The minimum Gasteiger partial charge on any atom is -0.280 e. The van der Waals surface area contributed by atoms with Crippen molar-refractivity contribution in [2.75, 3.05) is 0 Å². The summed E-state index contributed by atoms with van der Waals surface area (Å²) in [5.74, 6) is 1.54. The van der Waals surface area contributed by atoms with Crippen LogP contribution in [0.15, 0.2) is 85.7 Å². The van der Waals surface area contributed by atoms with Gasteiger partial charge in [0.15, 0.2) is 0 Å². The van der Waals surface area contributed by atoms with Gasteiger partial charge in [-0.1, -0.05) is 30.4 Å². The molecule has 7 aromatic rings. The fraction of sp³-hybridized carbons (Fsp3) is 0.0714. The number of para-hydroxylation sites is 1. The van der Waals surface area contributed by atoms with Crippen molar-refractivity contribution < 1.29 is 0 Å². The van der Waals surface area contributed by atoms with Crippen LogP contribution in [0, 0.1) is 0 Å². The lowest BCUT2D eigenvalue weighted by Crippen LogP contribution is -2.14. The zero-order valence-corrected chi connectivity index (χ0v) is 19.6. The molecule has 6 heterocycles. The normalized spacial score (nSPS) is 13.1. The third kappa shape index (κ3) is 2.91. The van der Waals surface area contributed by atoms with Crippen molar-refractivity contribution >= 4 is 39.0 Å². The molecule has 1 aromatic carbocycles. The van der Waals surface area contributed by atoms with Crippen LogP contribution in [0.5, 0.6) is 0 Å². The summed E-state index contributed by atoms with van der Waals surface area (Å²) in [6.45, 7) is 0. The third-order valence-electron chi connectivity index (χ3n) is 6.86. The van der Waals surface area contributed by atoms with Gasteiger partial charge in [0.2, 0.25) is 17.8 Å². The van der Waals surface area contributed by atoms with Crippen molar-refractivity contribution in [2.45, 2.75) is 12.8 Å². The molecule has 1 aliphatic carbocycles. The van der Waals surface area contributed by atoms with E-state index in [1.165, 1.54) is 0 Å². The number of fused-ring (bicyclic) bond motifs is 6. The second kappa shape index (κ2) is 7.66. The average molecular weight is 482 g/mol. The lowest BCUT2D eigenvalue weighted by Gasteiger charge is -2.14. The van der Waals surface area contributed by atoms with E-state index in [0.717, 1.165) is 57.1 Å². The van der Waals surface area contributed by atoms with Crippen LogP contribution in [0.2, 0.25) is 0 Å². The summed E-state index contributed by atoms with van der Waals surface area (Å²) in [7, 11) is 0. The van der Waals surface area contributed by atoms with Crippen molar-refractivity contribution in [1.82, 2.24) is 43.6 Å².